The Morgan fingerprint density at radius 1 is 1.50 bits per heavy atom. The summed E-state index contributed by atoms with van der Waals surface area (Å²) in [4.78, 5) is 5.64. The minimum atomic E-state index is 0.307. The van der Waals surface area contributed by atoms with Gasteiger partial charge in [-0.25, -0.2) is 4.98 Å². The van der Waals surface area contributed by atoms with Gasteiger partial charge in [0.15, 0.2) is 0 Å². The van der Waals surface area contributed by atoms with E-state index in [2.05, 4.69) is 17.2 Å². The lowest BCUT2D eigenvalue weighted by molar-refractivity contribution is 0.296. The van der Waals surface area contributed by atoms with E-state index in [1.54, 1.807) is 11.3 Å². The van der Waals surface area contributed by atoms with Gasteiger partial charge in [-0.1, -0.05) is 6.92 Å². The SMILES string of the molecule is CCc1ncc(CNCCSCCCO)s1. The topological polar surface area (TPSA) is 45.2 Å². The van der Waals surface area contributed by atoms with E-state index in [1.807, 2.05) is 18.0 Å². The highest BCUT2D eigenvalue weighted by molar-refractivity contribution is 7.99. The first-order chi connectivity index (χ1) is 7.86. The fraction of sp³-hybridized carbons (Fsp3) is 0.727. The number of nitrogens with one attached hydrogen (secondary N) is 1. The third-order valence-electron chi connectivity index (χ3n) is 2.07. The van der Waals surface area contributed by atoms with Crippen molar-refractivity contribution in [2.75, 3.05) is 24.7 Å². The predicted molar refractivity (Wildman–Crippen MR) is 72.2 cm³/mol. The van der Waals surface area contributed by atoms with Crippen molar-refractivity contribution < 1.29 is 5.11 Å². The summed E-state index contributed by atoms with van der Waals surface area (Å²) in [6, 6.07) is 0. The quantitative estimate of drug-likeness (QED) is 0.666. The highest BCUT2D eigenvalue weighted by Gasteiger charge is 1.99. The second-order valence-corrected chi connectivity index (χ2v) is 5.86. The number of aliphatic hydroxyl groups is 1. The molecule has 2 N–H and O–H groups in total. The Morgan fingerprint density at radius 2 is 2.38 bits per heavy atom. The van der Waals surface area contributed by atoms with Crippen LogP contribution < -0.4 is 5.32 Å². The standard InChI is InChI=1S/C11H20N2OS2/c1-2-11-13-9-10(16-11)8-12-4-7-15-6-3-5-14/h9,12,14H,2-8H2,1H3. The molecule has 16 heavy (non-hydrogen) atoms. The molecule has 1 heterocycles. The van der Waals surface area contributed by atoms with Gasteiger partial charge in [0, 0.05) is 36.5 Å². The van der Waals surface area contributed by atoms with Crippen LogP contribution >= 0.6 is 23.1 Å². The van der Waals surface area contributed by atoms with Gasteiger partial charge in [0.2, 0.25) is 0 Å². The van der Waals surface area contributed by atoms with Crippen LogP contribution in [0.4, 0.5) is 0 Å². The number of hydrogen-bond donors (Lipinski definition) is 2. The van der Waals surface area contributed by atoms with Crippen LogP contribution in [-0.2, 0) is 13.0 Å². The molecular weight excluding hydrogens is 240 g/mol. The molecule has 0 aliphatic rings. The zero-order valence-corrected chi connectivity index (χ0v) is 11.4. The second-order valence-electron chi connectivity index (χ2n) is 3.44. The summed E-state index contributed by atoms with van der Waals surface area (Å²) in [5, 5.41) is 13.2. The van der Waals surface area contributed by atoms with Crippen LogP contribution in [0.5, 0.6) is 0 Å². The third kappa shape index (κ3) is 5.84. The van der Waals surface area contributed by atoms with E-state index in [-0.39, 0.29) is 0 Å². The zero-order valence-electron chi connectivity index (χ0n) is 9.74. The Kier molecular flexibility index (Phi) is 7.84. The molecule has 3 nitrogen and oxygen atoms in total. The molecule has 0 bridgehead atoms. The van der Waals surface area contributed by atoms with Gasteiger partial charge in [-0.05, 0) is 18.6 Å². The van der Waals surface area contributed by atoms with Gasteiger partial charge in [-0.3, -0.25) is 0 Å². The summed E-state index contributed by atoms with van der Waals surface area (Å²) >= 11 is 3.68. The van der Waals surface area contributed by atoms with Gasteiger partial charge >= 0.3 is 0 Å². The number of thioether (sulfide) groups is 1. The maximum Gasteiger partial charge on any atom is 0.0925 e. The average Bonchev–Trinajstić information content (AvgIpc) is 2.76. The largest absolute Gasteiger partial charge is 0.396 e. The first kappa shape index (κ1) is 14.0. The smallest absolute Gasteiger partial charge is 0.0925 e. The van der Waals surface area contributed by atoms with E-state index in [0.717, 1.165) is 37.4 Å². The van der Waals surface area contributed by atoms with Crippen LogP contribution in [0.1, 0.15) is 23.2 Å². The van der Waals surface area contributed by atoms with Crippen molar-refractivity contribution in [3.05, 3.63) is 16.1 Å². The van der Waals surface area contributed by atoms with Crippen molar-refractivity contribution in [3.63, 3.8) is 0 Å². The van der Waals surface area contributed by atoms with E-state index in [0.29, 0.717) is 6.61 Å². The van der Waals surface area contributed by atoms with E-state index in [4.69, 9.17) is 5.11 Å². The van der Waals surface area contributed by atoms with Crippen LogP contribution in [0.15, 0.2) is 6.20 Å². The van der Waals surface area contributed by atoms with Crippen molar-refractivity contribution in [2.24, 2.45) is 0 Å². The molecule has 0 atom stereocenters. The number of nitrogens with zero attached hydrogens (tertiary/aromatic N) is 1. The molecule has 0 aromatic carbocycles. The summed E-state index contributed by atoms with van der Waals surface area (Å²) in [7, 11) is 0. The first-order valence-corrected chi connectivity index (χ1v) is 7.66. The number of aryl methyl sites for hydroxylation is 1. The molecule has 92 valence electrons. The molecule has 1 rings (SSSR count). The molecule has 1 aromatic heterocycles. The van der Waals surface area contributed by atoms with Crippen LogP contribution in [0.3, 0.4) is 0 Å². The lowest BCUT2D eigenvalue weighted by Crippen LogP contribution is -2.16. The maximum absolute atomic E-state index is 8.61. The number of aromatic nitrogens is 1. The fourth-order valence-corrected chi connectivity index (χ4v) is 2.88. The molecule has 0 spiro atoms. The van der Waals surface area contributed by atoms with Gasteiger partial charge in [0.1, 0.15) is 0 Å². The maximum atomic E-state index is 8.61. The minimum absolute atomic E-state index is 0.307. The molecular formula is C11H20N2OS2. The molecule has 5 heteroatoms. The van der Waals surface area contributed by atoms with Gasteiger partial charge in [0.25, 0.3) is 0 Å². The number of rotatable bonds is 9. The molecule has 1 aromatic rings. The highest BCUT2D eigenvalue weighted by Crippen LogP contribution is 2.12. The molecule has 0 fully saturated rings. The summed E-state index contributed by atoms with van der Waals surface area (Å²) in [6.07, 6.45) is 3.90. The summed E-state index contributed by atoms with van der Waals surface area (Å²) in [5.74, 6) is 2.16. The number of aliphatic hydroxyl groups excluding tert-OH is 1. The molecule has 0 aliphatic heterocycles. The molecule has 0 amide bonds. The normalized spacial score (nSPS) is 10.9. The lowest BCUT2D eigenvalue weighted by Gasteiger charge is -2.02. The van der Waals surface area contributed by atoms with Crippen molar-refractivity contribution in [2.45, 2.75) is 26.3 Å². The molecule has 0 radical (unpaired) electrons. The Hall–Kier alpha value is -0.100. The van der Waals surface area contributed by atoms with Crippen LogP contribution in [0.2, 0.25) is 0 Å². The Balaban J connectivity index is 1.98. The Labute approximate surface area is 106 Å². The highest BCUT2D eigenvalue weighted by atomic mass is 32.2. The van der Waals surface area contributed by atoms with Crippen LogP contribution in [0.25, 0.3) is 0 Å². The molecule has 0 aliphatic carbocycles. The summed E-state index contributed by atoms with van der Waals surface area (Å²) in [6.45, 7) is 4.39. The first-order valence-electron chi connectivity index (χ1n) is 5.69. The monoisotopic (exact) mass is 260 g/mol. The Morgan fingerprint density at radius 3 is 3.06 bits per heavy atom. The van der Waals surface area contributed by atoms with Gasteiger partial charge in [-0.2, -0.15) is 11.8 Å². The predicted octanol–water partition coefficient (Wildman–Crippen LogP) is 1.91. The van der Waals surface area contributed by atoms with Crippen LogP contribution in [-0.4, -0.2) is 34.7 Å². The lowest BCUT2D eigenvalue weighted by atomic mass is 10.5. The second kappa shape index (κ2) is 8.98. The molecule has 0 saturated carbocycles. The Bertz CT molecular complexity index is 279. The van der Waals surface area contributed by atoms with E-state index in [9.17, 15) is 0 Å². The minimum Gasteiger partial charge on any atom is -0.396 e. The van der Waals surface area contributed by atoms with Gasteiger partial charge in [-0.15, -0.1) is 11.3 Å². The third-order valence-corrected chi connectivity index (χ3v) is 4.28. The van der Waals surface area contributed by atoms with Gasteiger partial charge < -0.3 is 10.4 Å². The number of hydrogen-bond acceptors (Lipinski definition) is 5. The summed E-state index contributed by atoms with van der Waals surface area (Å²) < 4.78 is 0. The van der Waals surface area contributed by atoms with Gasteiger partial charge in [0.05, 0.1) is 5.01 Å². The van der Waals surface area contributed by atoms with Crippen molar-refractivity contribution in [1.29, 1.82) is 0 Å². The fourth-order valence-electron chi connectivity index (χ4n) is 1.22. The van der Waals surface area contributed by atoms with Crippen molar-refractivity contribution >= 4 is 23.1 Å². The van der Waals surface area contributed by atoms with E-state index >= 15 is 0 Å². The van der Waals surface area contributed by atoms with Crippen LogP contribution in [0, 0.1) is 0 Å². The van der Waals surface area contributed by atoms with Crippen molar-refractivity contribution in [3.8, 4) is 0 Å². The van der Waals surface area contributed by atoms with E-state index in [1.165, 1.54) is 9.88 Å². The zero-order chi connectivity index (χ0) is 11.6. The average molecular weight is 260 g/mol. The molecule has 0 saturated heterocycles. The van der Waals surface area contributed by atoms with E-state index < -0.39 is 0 Å². The molecule has 0 unspecified atom stereocenters. The number of thiazole rings is 1. The summed E-state index contributed by atoms with van der Waals surface area (Å²) in [5.41, 5.74) is 0. The van der Waals surface area contributed by atoms with Crippen molar-refractivity contribution in [1.82, 2.24) is 10.3 Å².